The fraction of sp³-hybridized carbons (Fsp3) is 0.632. The number of hydrogen-bond acceptors (Lipinski definition) is 3. The Kier molecular flexibility index (Phi) is 4.36. The van der Waals surface area contributed by atoms with E-state index in [-0.39, 0.29) is 17.9 Å². The molecule has 2 heterocycles. The van der Waals surface area contributed by atoms with Crippen molar-refractivity contribution in [2.24, 2.45) is 5.92 Å². The maximum Gasteiger partial charge on any atom is 0.243 e. The van der Waals surface area contributed by atoms with Gasteiger partial charge in [-0.1, -0.05) is 12.8 Å². The Morgan fingerprint density at radius 3 is 2.44 bits per heavy atom. The first-order valence-corrected chi connectivity index (χ1v) is 10.9. The molecule has 136 valence electrons. The molecule has 1 aromatic carbocycles. The summed E-state index contributed by atoms with van der Waals surface area (Å²) in [6.07, 6.45) is 6.81. The van der Waals surface area contributed by atoms with Crippen molar-refractivity contribution in [3.63, 3.8) is 0 Å². The van der Waals surface area contributed by atoms with Crippen molar-refractivity contribution in [2.45, 2.75) is 62.8 Å². The third kappa shape index (κ3) is 2.89. The van der Waals surface area contributed by atoms with E-state index < -0.39 is 10.0 Å². The predicted molar refractivity (Wildman–Crippen MR) is 97.0 cm³/mol. The van der Waals surface area contributed by atoms with Crippen molar-refractivity contribution in [1.29, 1.82) is 0 Å². The lowest BCUT2D eigenvalue weighted by atomic mass is 9.84. The standard InChI is InChI=1S/C19H26N2O3S/c1-14-12-16-13-17(25(23,24)20-10-3-2-4-11-20)8-9-18(16)21(14)19(22)15-6-5-7-15/h8-9,13-15H,2-7,10-12H2,1H3/t14-/m1/s1. The normalized spacial score (nSPS) is 24.8. The number of hydrogen-bond donors (Lipinski definition) is 0. The van der Waals surface area contributed by atoms with Crippen molar-refractivity contribution in [3.8, 4) is 0 Å². The lowest BCUT2D eigenvalue weighted by Crippen LogP contribution is -2.42. The molecule has 1 amide bonds. The second-order valence-electron chi connectivity index (χ2n) is 7.64. The Labute approximate surface area is 150 Å². The SMILES string of the molecule is C[C@@H]1Cc2cc(S(=O)(=O)N3CCCCC3)ccc2N1C(=O)C1CCC1. The second-order valence-corrected chi connectivity index (χ2v) is 9.58. The number of nitrogens with zero attached hydrogens (tertiary/aromatic N) is 2. The highest BCUT2D eigenvalue weighted by Gasteiger charge is 2.37. The van der Waals surface area contributed by atoms with E-state index in [2.05, 4.69) is 6.92 Å². The molecule has 1 aromatic rings. The van der Waals surface area contributed by atoms with Gasteiger partial charge in [-0.3, -0.25) is 4.79 Å². The molecule has 0 spiro atoms. The zero-order valence-corrected chi connectivity index (χ0v) is 15.6. The van der Waals surface area contributed by atoms with E-state index in [9.17, 15) is 13.2 Å². The van der Waals surface area contributed by atoms with Gasteiger partial charge in [0.25, 0.3) is 0 Å². The van der Waals surface area contributed by atoms with Gasteiger partial charge in [-0.15, -0.1) is 0 Å². The number of carbonyl (C=O) groups is 1. The molecule has 0 bridgehead atoms. The molecule has 2 fully saturated rings. The average molecular weight is 362 g/mol. The van der Waals surface area contributed by atoms with Crippen LogP contribution in [-0.4, -0.2) is 37.8 Å². The lowest BCUT2D eigenvalue weighted by molar-refractivity contribution is -0.125. The third-order valence-electron chi connectivity index (χ3n) is 5.91. The lowest BCUT2D eigenvalue weighted by Gasteiger charge is -2.32. The molecule has 1 atom stereocenters. The molecule has 0 unspecified atom stereocenters. The summed E-state index contributed by atoms with van der Waals surface area (Å²) in [4.78, 5) is 15.0. The van der Waals surface area contributed by atoms with Crippen molar-refractivity contribution < 1.29 is 13.2 Å². The highest BCUT2D eigenvalue weighted by Crippen LogP contribution is 2.38. The fourth-order valence-electron chi connectivity index (χ4n) is 4.21. The molecule has 6 heteroatoms. The van der Waals surface area contributed by atoms with Crippen LogP contribution in [0.15, 0.2) is 23.1 Å². The molecule has 1 saturated heterocycles. The van der Waals surface area contributed by atoms with Crippen LogP contribution >= 0.6 is 0 Å². The number of fused-ring (bicyclic) bond motifs is 1. The average Bonchev–Trinajstić information content (AvgIpc) is 2.88. The summed E-state index contributed by atoms with van der Waals surface area (Å²) < 4.78 is 27.4. The topological polar surface area (TPSA) is 57.7 Å². The van der Waals surface area contributed by atoms with Gasteiger partial charge in [0.2, 0.25) is 15.9 Å². The highest BCUT2D eigenvalue weighted by atomic mass is 32.2. The molecule has 0 radical (unpaired) electrons. The Hall–Kier alpha value is -1.40. The zero-order chi connectivity index (χ0) is 17.6. The first-order valence-electron chi connectivity index (χ1n) is 9.44. The van der Waals surface area contributed by atoms with Gasteiger partial charge in [0.1, 0.15) is 0 Å². The van der Waals surface area contributed by atoms with Crippen LogP contribution in [0.25, 0.3) is 0 Å². The molecule has 5 nitrogen and oxygen atoms in total. The second kappa shape index (κ2) is 6.40. The quantitative estimate of drug-likeness (QED) is 0.831. The van der Waals surface area contributed by atoms with E-state index in [0.29, 0.717) is 18.0 Å². The molecule has 25 heavy (non-hydrogen) atoms. The van der Waals surface area contributed by atoms with Crippen molar-refractivity contribution in [2.75, 3.05) is 18.0 Å². The predicted octanol–water partition coefficient (Wildman–Crippen LogP) is 2.94. The monoisotopic (exact) mass is 362 g/mol. The molecule has 4 rings (SSSR count). The van der Waals surface area contributed by atoms with Crippen LogP contribution in [0.2, 0.25) is 0 Å². The minimum Gasteiger partial charge on any atom is -0.309 e. The van der Waals surface area contributed by atoms with Crippen LogP contribution in [0.1, 0.15) is 51.0 Å². The number of carbonyl (C=O) groups excluding carboxylic acids is 1. The summed E-state index contributed by atoms with van der Waals surface area (Å²) in [5, 5.41) is 0. The van der Waals surface area contributed by atoms with Gasteiger partial charge in [0.15, 0.2) is 0 Å². The van der Waals surface area contributed by atoms with Crippen LogP contribution in [0, 0.1) is 5.92 Å². The number of amides is 1. The summed E-state index contributed by atoms with van der Waals surface area (Å²) >= 11 is 0. The van der Waals surface area contributed by atoms with Crippen molar-refractivity contribution in [3.05, 3.63) is 23.8 Å². The van der Waals surface area contributed by atoms with Crippen molar-refractivity contribution >= 4 is 21.6 Å². The number of benzene rings is 1. The Morgan fingerprint density at radius 2 is 1.80 bits per heavy atom. The number of rotatable bonds is 3. The number of sulfonamides is 1. The first kappa shape index (κ1) is 17.0. The first-order chi connectivity index (χ1) is 12.0. The van der Waals surface area contributed by atoms with E-state index in [1.54, 1.807) is 16.4 Å². The van der Waals surface area contributed by atoms with Crippen LogP contribution in [-0.2, 0) is 21.2 Å². The smallest absolute Gasteiger partial charge is 0.243 e. The molecule has 0 N–H and O–H groups in total. The maximum absolute atomic E-state index is 12.9. The van der Waals surface area contributed by atoms with Gasteiger partial charge in [-0.25, -0.2) is 8.42 Å². The van der Waals surface area contributed by atoms with Gasteiger partial charge in [-0.2, -0.15) is 4.31 Å². The Morgan fingerprint density at radius 1 is 1.08 bits per heavy atom. The minimum absolute atomic E-state index is 0.107. The number of piperidine rings is 1. The van der Waals surface area contributed by atoms with E-state index in [0.717, 1.165) is 56.2 Å². The van der Waals surface area contributed by atoms with Crippen LogP contribution in [0.3, 0.4) is 0 Å². The Bertz CT molecular complexity index is 780. The van der Waals surface area contributed by atoms with Crippen LogP contribution < -0.4 is 4.90 Å². The largest absolute Gasteiger partial charge is 0.309 e. The van der Waals surface area contributed by atoms with E-state index in [1.165, 1.54) is 0 Å². The summed E-state index contributed by atoms with van der Waals surface area (Å²) in [6.45, 7) is 3.28. The molecule has 1 aliphatic carbocycles. The van der Waals surface area contributed by atoms with E-state index in [4.69, 9.17) is 0 Å². The summed E-state index contributed by atoms with van der Waals surface area (Å²) in [6, 6.07) is 5.42. The third-order valence-corrected chi connectivity index (χ3v) is 7.81. The number of anilines is 1. The fourth-order valence-corrected chi connectivity index (χ4v) is 5.78. The van der Waals surface area contributed by atoms with Crippen molar-refractivity contribution in [1.82, 2.24) is 4.31 Å². The maximum atomic E-state index is 12.9. The molecule has 2 aliphatic heterocycles. The van der Waals surface area contributed by atoms with Gasteiger partial charge in [-0.05, 0) is 62.8 Å². The van der Waals surface area contributed by atoms with Crippen LogP contribution in [0.5, 0.6) is 0 Å². The summed E-state index contributed by atoms with van der Waals surface area (Å²) in [7, 11) is -3.42. The summed E-state index contributed by atoms with van der Waals surface area (Å²) in [5.74, 6) is 0.370. The van der Waals surface area contributed by atoms with Gasteiger partial charge < -0.3 is 4.90 Å². The van der Waals surface area contributed by atoms with E-state index in [1.807, 2.05) is 11.0 Å². The van der Waals surface area contributed by atoms with Crippen LogP contribution in [0.4, 0.5) is 5.69 Å². The zero-order valence-electron chi connectivity index (χ0n) is 14.8. The molecule has 1 saturated carbocycles. The molecular formula is C19H26N2O3S. The van der Waals surface area contributed by atoms with Gasteiger partial charge in [0.05, 0.1) is 4.90 Å². The molecular weight excluding hydrogens is 336 g/mol. The highest BCUT2D eigenvalue weighted by molar-refractivity contribution is 7.89. The van der Waals surface area contributed by atoms with Gasteiger partial charge in [0, 0.05) is 30.7 Å². The van der Waals surface area contributed by atoms with Gasteiger partial charge >= 0.3 is 0 Å². The molecule has 3 aliphatic rings. The molecule has 0 aromatic heterocycles. The minimum atomic E-state index is -3.42. The Balaban J connectivity index is 1.62. The van der Waals surface area contributed by atoms with E-state index >= 15 is 0 Å². The summed E-state index contributed by atoms with van der Waals surface area (Å²) in [5.41, 5.74) is 1.89.